The Morgan fingerprint density at radius 1 is 1.25 bits per heavy atom. The van der Waals surface area contributed by atoms with Gasteiger partial charge in [0.05, 0.1) is 0 Å². The Labute approximate surface area is 44.6 Å². The van der Waals surface area contributed by atoms with Crippen LogP contribution in [0.25, 0.3) is 0 Å². The molecule has 0 atom stereocenters. The molecule has 2 nitrogen and oxygen atoms in total. The predicted molar refractivity (Wildman–Crippen MR) is 1.37 cm³/mol. The molecular weight excluding hydrogens is 204 g/mol. The van der Waals surface area contributed by atoms with E-state index >= 15 is 0 Å². The molecule has 0 heterocycles. The Morgan fingerprint density at radius 3 is 1.25 bits per heavy atom. The average Bonchev–Trinajstić information content (AvgIpc) is 1.50. The Bertz CT molecular complexity index is 8.00. The second kappa shape index (κ2) is 41.2. The molecule has 4 heavy (non-hydrogen) atoms. The molecule has 0 aliphatic carbocycles. The first-order valence-corrected chi connectivity index (χ1v) is 2.26. The van der Waals surface area contributed by atoms with Crippen LogP contribution in [0.3, 0.4) is 0 Å². The molecule has 0 rings (SSSR count). The topological polar surface area (TPSA) is 34.1 Å². The van der Waals surface area contributed by atoms with Crippen LogP contribution in [0.2, 0.25) is 0 Å². The zero-order valence-electron chi connectivity index (χ0n) is 1.84. The fraction of sp³-hybridized carbons (Fsp3) is 0. The molecule has 0 aromatic rings. The Morgan fingerprint density at radius 2 is 1.25 bits per heavy atom. The normalized spacial score (nSPS) is 3.00. The van der Waals surface area contributed by atoms with Crippen LogP contribution in [0.15, 0.2) is 0 Å². The van der Waals surface area contributed by atoms with E-state index in [1.54, 1.807) is 0 Å². The summed E-state index contributed by atoms with van der Waals surface area (Å²) in [5.74, 6) is 0. The van der Waals surface area contributed by atoms with Crippen molar-refractivity contribution in [1.82, 2.24) is 0 Å². The van der Waals surface area contributed by atoms with Crippen LogP contribution in [0.1, 0.15) is 0 Å². The van der Waals surface area contributed by atoms with E-state index in [2.05, 4.69) is 0 Å². The van der Waals surface area contributed by atoms with E-state index in [0.717, 1.165) is 0 Å². The van der Waals surface area contributed by atoms with E-state index in [1.165, 1.54) is 19.2 Å². The summed E-state index contributed by atoms with van der Waals surface area (Å²) in [4.78, 5) is 0. The summed E-state index contributed by atoms with van der Waals surface area (Å²) in [7, 11) is 0. The van der Waals surface area contributed by atoms with Crippen molar-refractivity contribution in [2.45, 2.75) is 0 Å². The minimum absolute atomic E-state index is 0.125. The van der Waals surface area contributed by atoms with Gasteiger partial charge in [-0.15, -0.1) is 0 Å². The molecule has 0 N–H and O–H groups in total. The van der Waals surface area contributed by atoms with Crippen LogP contribution >= 0.6 is 0 Å². The molecular formula is O2PdZn. The van der Waals surface area contributed by atoms with E-state index in [0.29, 0.717) is 0 Å². The second-order valence-corrected chi connectivity index (χ2v) is 0. The molecule has 0 aliphatic rings. The van der Waals surface area contributed by atoms with Crippen LogP contribution < -0.4 is 0 Å². The summed E-state index contributed by atoms with van der Waals surface area (Å²) >= 11 is 1.62. The van der Waals surface area contributed by atoms with Crippen molar-refractivity contribution < 1.29 is 44.5 Å². The molecule has 0 unspecified atom stereocenters. The van der Waals surface area contributed by atoms with Gasteiger partial charge in [0.25, 0.3) is 0 Å². The van der Waals surface area contributed by atoms with E-state index < -0.39 is 0 Å². The standard InChI is InChI=1S/2O.Pd.Zn. The SMILES string of the molecule is [O]=[Pd].[O]=[Zn]. The first kappa shape index (κ1) is 8.86. The molecule has 0 aromatic heterocycles. The number of hydrogen-bond donors (Lipinski definition) is 0. The first-order valence-electron chi connectivity index (χ1n) is 0.418. The number of rotatable bonds is 0. The molecule has 0 fully saturated rings. The molecule has 0 saturated carbocycles. The fourth-order valence-electron chi connectivity index (χ4n) is 0. The van der Waals surface area contributed by atoms with Gasteiger partial charge in [-0.2, -0.15) is 0 Å². The maximum absolute atomic E-state index is 8.38. The van der Waals surface area contributed by atoms with Gasteiger partial charge in [-0.3, -0.25) is 0 Å². The van der Waals surface area contributed by atoms with E-state index in [4.69, 9.17) is 7.04 Å². The zero-order chi connectivity index (χ0) is 4.00. The average molecular weight is 204 g/mol. The third-order valence-corrected chi connectivity index (χ3v) is 0. The van der Waals surface area contributed by atoms with Crippen LogP contribution in [-0.4, -0.2) is 0 Å². The van der Waals surface area contributed by atoms with Gasteiger partial charge in [-0.05, 0) is 0 Å². The van der Waals surface area contributed by atoms with Crippen LogP contribution in [0.5, 0.6) is 0 Å². The third kappa shape index (κ3) is 13.1. The summed E-state index contributed by atoms with van der Waals surface area (Å²) in [5, 5.41) is 0. The summed E-state index contributed by atoms with van der Waals surface area (Å²) in [6.07, 6.45) is 0. The van der Waals surface area contributed by atoms with E-state index in [-0.39, 0.29) is 18.3 Å². The molecule has 0 amide bonds. The third-order valence-electron chi connectivity index (χ3n) is 0. The molecule has 0 aromatic carbocycles. The van der Waals surface area contributed by atoms with Crippen LogP contribution in [-0.2, 0) is 44.5 Å². The molecule has 0 spiro atoms. The Balaban J connectivity index is 0. The van der Waals surface area contributed by atoms with Crippen molar-refractivity contribution in [1.29, 1.82) is 0 Å². The van der Waals surface area contributed by atoms with Gasteiger partial charge in [0.1, 0.15) is 0 Å². The quantitative estimate of drug-likeness (QED) is 0.510. The van der Waals surface area contributed by atoms with Crippen molar-refractivity contribution in [3.8, 4) is 0 Å². The van der Waals surface area contributed by atoms with Crippen LogP contribution in [0, 0.1) is 0 Å². The Kier molecular flexibility index (Phi) is 91.3. The molecule has 0 saturated heterocycles. The van der Waals surface area contributed by atoms with Crippen molar-refractivity contribution in [2.75, 3.05) is 0 Å². The summed E-state index contributed by atoms with van der Waals surface area (Å²) < 4.78 is 16.5. The number of hydrogen-bond acceptors (Lipinski definition) is 2. The molecule has 0 radical (unpaired) electrons. The van der Waals surface area contributed by atoms with Gasteiger partial charge in [-0.25, -0.2) is 0 Å². The van der Waals surface area contributed by atoms with Gasteiger partial charge in [0.2, 0.25) is 0 Å². The summed E-state index contributed by atoms with van der Waals surface area (Å²) in [6, 6.07) is 0. The minimum atomic E-state index is 0.125. The van der Waals surface area contributed by atoms with Gasteiger partial charge in [0.15, 0.2) is 0 Å². The van der Waals surface area contributed by atoms with E-state index in [9.17, 15) is 0 Å². The van der Waals surface area contributed by atoms with E-state index in [1.807, 2.05) is 0 Å². The molecule has 24 valence electrons. The molecule has 0 aliphatic heterocycles. The van der Waals surface area contributed by atoms with Crippen molar-refractivity contribution in [3.63, 3.8) is 0 Å². The van der Waals surface area contributed by atoms with Gasteiger partial charge in [0, 0.05) is 0 Å². The summed E-state index contributed by atoms with van der Waals surface area (Å²) in [6.45, 7) is 0. The Hall–Kier alpha value is 0.886. The zero-order valence-corrected chi connectivity index (χ0v) is 6.36. The monoisotopic (exact) mass is 202 g/mol. The van der Waals surface area contributed by atoms with Crippen molar-refractivity contribution >= 4 is 0 Å². The molecule has 0 bridgehead atoms. The predicted octanol–water partition coefficient (Wildman–Crippen LogP) is -0.243. The van der Waals surface area contributed by atoms with Gasteiger partial charge >= 0.3 is 44.5 Å². The fourth-order valence-corrected chi connectivity index (χ4v) is 0. The summed E-state index contributed by atoms with van der Waals surface area (Å²) in [5.41, 5.74) is 0. The van der Waals surface area contributed by atoms with Crippen LogP contribution in [0.4, 0.5) is 0 Å². The first-order chi connectivity index (χ1) is 2.00. The van der Waals surface area contributed by atoms with Gasteiger partial charge in [-0.1, -0.05) is 0 Å². The maximum atomic E-state index is 8.38. The van der Waals surface area contributed by atoms with Crippen molar-refractivity contribution in [3.05, 3.63) is 0 Å². The van der Waals surface area contributed by atoms with Crippen molar-refractivity contribution in [2.24, 2.45) is 0 Å². The molecule has 4 heteroatoms. The van der Waals surface area contributed by atoms with Gasteiger partial charge < -0.3 is 0 Å². The second-order valence-electron chi connectivity index (χ2n) is 0.